The van der Waals surface area contributed by atoms with E-state index in [0.29, 0.717) is 12.3 Å². The van der Waals surface area contributed by atoms with E-state index in [1.807, 2.05) is 72.8 Å². The van der Waals surface area contributed by atoms with Gasteiger partial charge < -0.3 is 10.1 Å². The lowest BCUT2D eigenvalue weighted by atomic mass is 10.1. The van der Waals surface area contributed by atoms with Gasteiger partial charge in [0.15, 0.2) is 0 Å². The van der Waals surface area contributed by atoms with Crippen LogP contribution in [0.1, 0.15) is 44.6 Å². The van der Waals surface area contributed by atoms with E-state index in [2.05, 4.69) is 12.2 Å². The second-order valence-corrected chi connectivity index (χ2v) is 7.48. The van der Waals surface area contributed by atoms with Crippen LogP contribution in [0.25, 0.3) is 16.8 Å². The van der Waals surface area contributed by atoms with Gasteiger partial charge in [-0.2, -0.15) is 5.26 Å². The number of fused-ring (bicyclic) bond motifs is 1. The summed E-state index contributed by atoms with van der Waals surface area (Å²) >= 11 is 0. The first-order chi connectivity index (χ1) is 15.2. The van der Waals surface area contributed by atoms with Crippen LogP contribution in [-0.4, -0.2) is 12.5 Å². The van der Waals surface area contributed by atoms with Crippen LogP contribution in [0.2, 0.25) is 0 Å². The average molecular weight is 413 g/mol. The number of unbranched alkanes of at least 4 members (excludes halogenated alkanes) is 4. The summed E-state index contributed by atoms with van der Waals surface area (Å²) < 4.78 is 5.77. The third-order valence-corrected chi connectivity index (χ3v) is 5.11. The standard InChI is InChI=1S/C27H28N2O2/c1-2-3-4-5-8-18-31-24-16-14-21(15-17-24)19-23(20-28)27(30)29-26-13-9-11-22-10-6-7-12-25(22)26/h6-7,9-17,19H,2-5,8,18H2,1H3,(H,29,30)/b23-19+. The Bertz CT molecular complexity index is 1070. The molecule has 0 fully saturated rings. The zero-order valence-electron chi connectivity index (χ0n) is 17.9. The molecule has 3 rings (SSSR count). The number of hydrogen-bond acceptors (Lipinski definition) is 3. The van der Waals surface area contributed by atoms with Gasteiger partial charge in [-0.25, -0.2) is 0 Å². The van der Waals surface area contributed by atoms with Crippen LogP contribution >= 0.6 is 0 Å². The molecule has 0 aromatic heterocycles. The van der Waals surface area contributed by atoms with Crippen LogP contribution in [0, 0.1) is 11.3 Å². The number of rotatable bonds is 10. The Morgan fingerprint density at radius 2 is 1.71 bits per heavy atom. The summed E-state index contributed by atoms with van der Waals surface area (Å²) in [5.74, 6) is 0.373. The molecule has 4 heteroatoms. The van der Waals surface area contributed by atoms with E-state index >= 15 is 0 Å². The number of nitrogens with one attached hydrogen (secondary N) is 1. The van der Waals surface area contributed by atoms with Crippen molar-refractivity contribution in [2.24, 2.45) is 0 Å². The molecule has 1 amide bonds. The Kier molecular flexibility index (Phi) is 8.25. The fourth-order valence-corrected chi connectivity index (χ4v) is 3.40. The molecule has 0 unspecified atom stereocenters. The van der Waals surface area contributed by atoms with E-state index < -0.39 is 5.91 Å². The first kappa shape index (κ1) is 22.1. The molecule has 0 saturated heterocycles. The summed E-state index contributed by atoms with van der Waals surface area (Å²) in [5.41, 5.74) is 1.52. The van der Waals surface area contributed by atoms with Gasteiger partial charge in [-0.3, -0.25) is 4.79 Å². The Morgan fingerprint density at radius 3 is 2.48 bits per heavy atom. The molecule has 0 bridgehead atoms. The summed E-state index contributed by atoms with van der Waals surface area (Å²) in [6.45, 7) is 2.91. The van der Waals surface area contributed by atoms with Crippen molar-refractivity contribution in [1.82, 2.24) is 0 Å². The lowest BCUT2D eigenvalue weighted by Gasteiger charge is -2.08. The number of carbonyl (C=O) groups is 1. The van der Waals surface area contributed by atoms with Crippen molar-refractivity contribution in [2.75, 3.05) is 11.9 Å². The van der Waals surface area contributed by atoms with E-state index in [1.54, 1.807) is 6.08 Å². The molecule has 0 radical (unpaired) electrons. The molecule has 0 aliphatic heterocycles. The molecule has 1 N–H and O–H groups in total. The summed E-state index contributed by atoms with van der Waals surface area (Å²) in [4.78, 5) is 12.7. The van der Waals surface area contributed by atoms with Crippen LogP contribution in [0.4, 0.5) is 5.69 Å². The molecule has 31 heavy (non-hydrogen) atoms. The number of anilines is 1. The van der Waals surface area contributed by atoms with Crippen LogP contribution in [0.3, 0.4) is 0 Å². The third kappa shape index (κ3) is 6.45. The van der Waals surface area contributed by atoms with Crippen molar-refractivity contribution in [3.05, 3.63) is 77.9 Å². The molecule has 0 atom stereocenters. The first-order valence-corrected chi connectivity index (χ1v) is 10.8. The molecule has 0 spiro atoms. The fraction of sp³-hybridized carbons (Fsp3) is 0.259. The zero-order valence-corrected chi connectivity index (χ0v) is 17.9. The van der Waals surface area contributed by atoms with Gasteiger partial charge in [-0.05, 0) is 41.6 Å². The Morgan fingerprint density at radius 1 is 0.968 bits per heavy atom. The molecule has 3 aromatic carbocycles. The van der Waals surface area contributed by atoms with E-state index in [4.69, 9.17) is 4.74 Å². The Labute approximate surface area is 184 Å². The predicted octanol–water partition coefficient (Wildman–Crippen LogP) is 6.73. The van der Waals surface area contributed by atoms with Gasteiger partial charge in [0.1, 0.15) is 17.4 Å². The van der Waals surface area contributed by atoms with Gasteiger partial charge in [-0.15, -0.1) is 0 Å². The average Bonchev–Trinajstić information content (AvgIpc) is 2.81. The quantitative estimate of drug-likeness (QED) is 0.228. The van der Waals surface area contributed by atoms with E-state index in [0.717, 1.165) is 28.5 Å². The maximum absolute atomic E-state index is 12.7. The number of amides is 1. The molecule has 4 nitrogen and oxygen atoms in total. The van der Waals surface area contributed by atoms with Crippen LogP contribution < -0.4 is 10.1 Å². The molecular formula is C27H28N2O2. The highest BCUT2D eigenvalue weighted by Crippen LogP contribution is 2.24. The van der Waals surface area contributed by atoms with Gasteiger partial charge in [0.25, 0.3) is 5.91 Å². The van der Waals surface area contributed by atoms with Crippen LogP contribution in [0.5, 0.6) is 5.75 Å². The topological polar surface area (TPSA) is 62.1 Å². The highest BCUT2D eigenvalue weighted by molar-refractivity contribution is 6.12. The minimum atomic E-state index is -0.425. The van der Waals surface area contributed by atoms with Crippen molar-refractivity contribution in [3.63, 3.8) is 0 Å². The maximum Gasteiger partial charge on any atom is 0.266 e. The lowest BCUT2D eigenvalue weighted by molar-refractivity contribution is -0.112. The fourth-order valence-electron chi connectivity index (χ4n) is 3.40. The molecule has 158 valence electrons. The van der Waals surface area contributed by atoms with E-state index in [9.17, 15) is 10.1 Å². The SMILES string of the molecule is CCCCCCCOc1ccc(/C=C(\C#N)C(=O)Nc2cccc3ccccc23)cc1. The number of hydrogen-bond donors (Lipinski definition) is 1. The summed E-state index contributed by atoms with van der Waals surface area (Å²) in [6.07, 6.45) is 7.59. The molecular weight excluding hydrogens is 384 g/mol. The molecule has 0 aliphatic rings. The monoisotopic (exact) mass is 412 g/mol. The molecule has 0 heterocycles. The first-order valence-electron chi connectivity index (χ1n) is 10.8. The zero-order chi connectivity index (χ0) is 21.9. The number of nitriles is 1. The number of carbonyl (C=O) groups excluding carboxylic acids is 1. The maximum atomic E-state index is 12.7. The largest absolute Gasteiger partial charge is 0.494 e. The predicted molar refractivity (Wildman–Crippen MR) is 127 cm³/mol. The van der Waals surface area contributed by atoms with Gasteiger partial charge in [0, 0.05) is 11.1 Å². The highest BCUT2D eigenvalue weighted by Gasteiger charge is 2.11. The molecule has 0 saturated carbocycles. The van der Waals surface area contributed by atoms with E-state index in [1.165, 1.54) is 25.7 Å². The van der Waals surface area contributed by atoms with Gasteiger partial charge in [-0.1, -0.05) is 81.1 Å². The summed E-state index contributed by atoms with van der Waals surface area (Å²) in [6, 6.07) is 23.0. The summed E-state index contributed by atoms with van der Waals surface area (Å²) in [5, 5.41) is 14.3. The summed E-state index contributed by atoms with van der Waals surface area (Å²) in [7, 11) is 0. The number of ether oxygens (including phenoxy) is 1. The van der Waals surface area contributed by atoms with Crippen molar-refractivity contribution >= 4 is 28.4 Å². The second-order valence-electron chi connectivity index (χ2n) is 7.48. The minimum Gasteiger partial charge on any atom is -0.494 e. The lowest BCUT2D eigenvalue weighted by Crippen LogP contribution is -2.13. The highest BCUT2D eigenvalue weighted by atomic mass is 16.5. The second kappa shape index (κ2) is 11.6. The van der Waals surface area contributed by atoms with Crippen molar-refractivity contribution in [2.45, 2.75) is 39.0 Å². The van der Waals surface area contributed by atoms with Gasteiger partial charge in [0.05, 0.1) is 6.61 Å². The Hall–Kier alpha value is -3.58. The van der Waals surface area contributed by atoms with Crippen molar-refractivity contribution in [3.8, 4) is 11.8 Å². The molecule has 0 aliphatic carbocycles. The van der Waals surface area contributed by atoms with Crippen molar-refractivity contribution < 1.29 is 9.53 Å². The van der Waals surface area contributed by atoms with Crippen LogP contribution in [-0.2, 0) is 4.79 Å². The van der Waals surface area contributed by atoms with Crippen molar-refractivity contribution in [1.29, 1.82) is 5.26 Å². The van der Waals surface area contributed by atoms with E-state index in [-0.39, 0.29) is 5.57 Å². The molecule has 3 aromatic rings. The van der Waals surface area contributed by atoms with Gasteiger partial charge in [0.2, 0.25) is 0 Å². The minimum absolute atomic E-state index is 0.0533. The van der Waals surface area contributed by atoms with Gasteiger partial charge >= 0.3 is 0 Å². The third-order valence-electron chi connectivity index (χ3n) is 5.11. The normalized spacial score (nSPS) is 11.2. The Balaban J connectivity index is 1.61. The number of nitrogens with zero attached hydrogens (tertiary/aromatic N) is 1. The van der Waals surface area contributed by atoms with Crippen LogP contribution in [0.15, 0.2) is 72.3 Å². The number of benzene rings is 3. The smallest absolute Gasteiger partial charge is 0.266 e.